The van der Waals surface area contributed by atoms with Gasteiger partial charge < -0.3 is 5.32 Å². The van der Waals surface area contributed by atoms with Crippen LogP contribution in [0.4, 0.5) is 11.4 Å². The summed E-state index contributed by atoms with van der Waals surface area (Å²) in [4.78, 5) is 5.39. The van der Waals surface area contributed by atoms with Crippen molar-refractivity contribution in [1.82, 2.24) is 4.98 Å². The second kappa shape index (κ2) is 3.94. The summed E-state index contributed by atoms with van der Waals surface area (Å²) in [7, 11) is 0. The van der Waals surface area contributed by atoms with Crippen LogP contribution in [-0.4, -0.2) is 4.98 Å². The Bertz CT molecular complexity index is 601. The molecule has 0 aliphatic heterocycles. The van der Waals surface area contributed by atoms with Crippen molar-refractivity contribution in [3.8, 4) is 0 Å². The maximum Gasteiger partial charge on any atom is 0.125 e. The fraction of sp³-hybridized carbons (Fsp3) is 0. The van der Waals surface area contributed by atoms with Gasteiger partial charge in [0, 0.05) is 17.3 Å². The molecule has 1 N–H and O–H groups in total. The van der Waals surface area contributed by atoms with Gasteiger partial charge in [0.1, 0.15) is 4.83 Å². The van der Waals surface area contributed by atoms with E-state index in [1.54, 1.807) is 11.3 Å². The highest BCUT2D eigenvalue weighted by Gasteiger charge is 2.02. The van der Waals surface area contributed by atoms with Crippen molar-refractivity contribution < 1.29 is 0 Å². The van der Waals surface area contributed by atoms with Crippen molar-refractivity contribution in [1.29, 1.82) is 0 Å². The van der Waals surface area contributed by atoms with Crippen LogP contribution in [0.5, 0.6) is 0 Å². The number of anilines is 2. The fourth-order valence-corrected chi connectivity index (χ4v) is 2.42. The molecule has 2 nitrogen and oxygen atoms in total. The number of benzene rings is 1. The monoisotopic (exact) mass is 226 g/mol. The van der Waals surface area contributed by atoms with Gasteiger partial charge >= 0.3 is 0 Å². The molecular weight excluding hydrogens is 216 g/mol. The van der Waals surface area contributed by atoms with Crippen LogP contribution in [0.1, 0.15) is 0 Å². The lowest BCUT2D eigenvalue weighted by Crippen LogP contribution is -1.90. The number of para-hydroxylation sites is 1. The van der Waals surface area contributed by atoms with Crippen LogP contribution in [0.3, 0.4) is 0 Å². The molecule has 0 spiro atoms. The molecule has 16 heavy (non-hydrogen) atoms. The highest BCUT2D eigenvalue weighted by molar-refractivity contribution is 7.16. The Morgan fingerprint density at radius 2 is 1.88 bits per heavy atom. The van der Waals surface area contributed by atoms with Crippen molar-refractivity contribution in [2.24, 2.45) is 0 Å². The van der Waals surface area contributed by atoms with E-state index in [0.717, 1.165) is 16.2 Å². The average molecular weight is 226 g/mol. The van der Waals surface area contributed by atoms with E-state index in [-0.39, 0.29) is 0 Å². The maximum absolute atomic E-state index is 4.32. The number of fused-ring (bicyclic) bond motifs is 1. The molecule has 0 aliphatic carbocycles. The summed E-state index contributed by atoms with van der Waals surface area (Å²) in [5, 5.41) is 6.64. The highest BCUT2D eigenvalue weighted by atomic mass is 32.1. The Morgan fingerprint density at radius 3 is 2.75 bits per heavy atom. The molecule has 0 unspecified atom stereocenters. The second-order valence-corrected chi connectivity index (χ2v) is 4.38. The van der Waals surface area contributed by atoms with E-state index in [4.69, 9.17) is 0 Å². The lowest BCUT2D eigenvalue weighted by atomic mass is 10.2. The van der Waals surface area contributed by atoms with Crippen LogP contribution >= 0.6 is 11.3 Å². The number of nitrogens with zero attached hydrogens (tertiary/aromatic N) is 1. The number of thiophene rings is 1. The minimum Gasteiger partial charge on any atom is -0.355 e. The van der Waals surface area contributed by atoms with Gasteiger partial charge in [-0.1, -0.05) is 18.2 Å². The first-order chi connectivity index (χ1) is 7.93. The summed E-state index contributed by atoms with van der Waals surface area (Å²) in [6.45, 7) is 0. The SMILES string of the molecule is c1ccc(Nc2ccnc3sccc23)cc1. The van der Waals surface area contributed by atoms with E-state index >= 15 is 0 Å². The van der Waals surface area contributed by atoms with Crippen LogP contribution in [0.2, 0.25) is 0 Å². The van der Waals surface area contributed by atoms with Crippen molar-refractivity contribution in [2.75, 3.05) is 5.32 Å². The van der Waals surface area contributed by atoms with Gasteiger partial charge in [-0.3, -0.25) is 0 Å². The zero-order valence-corrected chi connectivity index (χ0v) is 9.37. The minimum absolute atomic E-state index is 1.07. The van der Waals surface area contributed by atoms with Gasteiger partial charge in [-0.25, -0.2) is 4.98 Å². The van der Waals surface area contributed by atoms with Crippen LogP contribution in [0.15, 0.2) is 54.0 Å². The smallest absolute Gasteiger partial charge is 0.125 e. The first-order valence-corrected chi connectivity index (χ1v) is 5.96. The molecule has 0 fully saturated rings. The van der Waals surface area contributed by atoms with Gasteiger partial charge in [0.05, 0.1) is 5.69 Å². The van der Waals surface area contributed by atoms with Crippen LogP contribution in [-0.2, 0) is 0 Å². The van der Waals surface area contributed by atoms with E-state index in [1.807, 2.05) is 30.5 Å². The number of hydrogen-bond donors (Lipinski definition) is 1. The maximum atomic E-state index is 4.32. The highest BCUT2D eigenvalue weighted by Crippen LogP contribution is 2.27. The van der Waals surface area contributed by atoms with E-state index in [9.17, 15) is 0 Å². The van der Waals surface area contributed by atoms with Gasteiger partial charge in [0.2, 0.25) is 0 Å². The van der Waals surface area contributed by atoms with Crippen LogP contribution in [0, 0.1) is 0 Å². The van der Waals surface area contributed by atoms with E-state index in [0.29, 0.717) is 0 Å². The van der Waals surface area contributed by atoms with Crippen LogP contribution < -0.4 is 5.32 Å². The van der Waals surface area contributed by atoms with E-state index in [2.05, 4.69) is 33.9 Å². The zero-order valence-electron chi connectivity index (χ0n) is 8.55. The Morgan fingerprint density at radius 1 is 1.00 bits per heavy atom. The molecule has 78 valence electrons. The normalized spacial score (nSPS) is 10.5. The number of hydrogen-bond acceptors (Lipinski definition) is 3. The Labute approximate surface area is 97.6 Å². The minimum atomic E-state index is 1.07. The van der Waals surface area contributed by atoms with Crippen molar-refractivity contribution in [3.63, 3.8) is 0 Å². The number of rotatable bonds is 2. The molecule has 3 rings (SSSR count). The lowest BCUT2D eigenvalue weighted by molar-refractivity contribution is 1.43. The Kier molecular flexibility index (Phi) is 2.31. The fourth-order valence-electron chi connectivity index (χ4n) is 1.66. The van der Waals surface area contributed by atoms with Crippen molar-refractivity contribution in [2.45, 2.75) is 0 Å². The first kappa shape index (κ1) is 9.36. The number of pyridine rings is 1. The van der Waals surface area contributed by atoms with Gasteiger partial charge in [0.15, 0.2) is 0 Å². The molecule has 3 aromatic rings. The summed E-state index contributed by atoms with van der Waals surface area (Å²) in [5.41, 5.74) is 2.21. The number of aromatic nitrogens is 1. The summed E-state index contributed by atoms with van der Waals surface area (Å²) in [6.07, 6.45) is 1.84. The molecule has 0 saturated carbocycles. The predicted octanol–water partition coefficient (Wildman–Crippen LogP) is 4.04. The van der Waals surface area contributed by atoms with Gasteiger partial charge in [-0.2, -0.15) is 0 Å². The van der Waals surface area contributed by atoms with Gasteiger partial charge in [-0.05, 0) is 29.6 Å². The number of nitrogens with one attached hydrogen (secondary N) is 1. The zero-order chi connectivity index (χ0) is 10.8. The summed E-state index contributed by atoms with van der Waals surface area (Å²) in [5.74, 6) is 0. The summed E-state index contributed by atoms with van der Waals surface area (Å²) in [6, 6.07) is 14.3. The third-order valence-corrected chi connectivity index (χ3v) is 3.24. The van der Waals surface area contributed by atoms with Crippen LogP contribution in [0.25, 0.3) is 10.2 Å². The molecule has 0 bridgehead atoms. The lowest BCUT2D eigenvalue weighted by Gasteiger charge is -2.06. The van der Waals surface area contributed by atoms with E-state index in [1.165, 1.54) is 5.39 Å². The summed E-state index contributed by atoms with van der Waals surface area (Å²) >= 11 is 1.66. The topological polar surface area (TPSA) is 24.9 Å². The molecule has 2 heterocycles. The molecular formula is C13H10N2S. The molecule has 0 aliphatic rings. The summed E-state index contributed by atoms with van der Waals surface area (Å²) < 4.78 is 0. The molecule has 2 aromatic heterocycles. The molecule has 0 amide bonds. The van der Waals surface area contributed by atoms with Crippen molar-refractivity contribution in [3.05, 3.63) is 54.0 Å². The van der Waals surface area contributed by atoms with Gasteiger partial charge in [-0.15, -0.1) is 11.3 Å². The Hall–Kier alpha value is -1.87. The Balaban J connectivity index is 2.04. The van der Waals surface area contributed by atoms with Gasteiger partial charge in [0.25, 0.3) is 0 Å². The molecule has 0 radical (unpaired) electrons. The first-order valence-electron chi connectivity index (χ1n) is 5.08. The second-order valence-electron chi connectivity index (χ2n) is 3.49. The molecule has 3 heteroatoms. The third kappa shape index (κ3) is 1.66. The largest absolute Gasteiger partial charge is 0.355 e. The average Bonchev–Trinajstić information content (AvgIpc) is 2.80. The van der Waals surface area contributed by atoms with Crippen molar-refractivity contribution >= 4 is 32.9 Å². The molecule has 0 atom stereocenters. The van der Waals surface area contributed by atoms with E-state index < -0.39 is 0 Å². The quantitative estimate of drug-likeness (QED) is 0.713. The molecule has 0 saturated heterocycles. The third-order valence-electron chi connectivity index (χ3n) is 2.42. The standard InChI is InChI=1S/C13H10N2S/c1-2-4-10(5-3-1)15-12-6-8-14-13-11(12)7-9-16-13/h1-9H,(H,14,15). The predicted molar refractivity (Wildman–Crippen MR) is 69.3 cm³/mol. The molecule has 1 aromatic carbocycles.